The summed E-state index contributed by atoms with van der Waals surface area (Å²) in [5.74, 6) is -0.154. The molecule has 3 amide bonds. The van der Waals surface area contributed by atoms with Gasteiger partial charge in [0.25, 0.3) is 0 Å². The number of anilines is 1. The summed E-state index contributed by atoms with van der Waals surface area (Å²) in [6.07, 6.45) is -0.403. The summed E-state index contributed by atoms with van der Waals surface area (Å²) < 4.78 is 10.1. The molecule has 2 heterocycles. The molecule has 8 heteroatoms. The Morgan fingerprint density at radius 3 is 2.88 bits per heavy atom. The highest BCUT2D eigenvalue weighted by Crippen LogP contribution is 2.27. The number of ether oxygens (including phenoxy) is 2. The van der Waals surface area contributed by atoms with Crippen molar-refractivity contribution < 1.29 is 23.9 Å². The summed E-state index contributed by atoms with van der Waals surface area (Å²) >= 11 is 0. The fourth-order valence-electron chi connectivity index (χ4n) is 3.09. The Kier molecular flexibility index (Phi) is 4.78. The molecule has 3 rings (SSSR count). The monoisotopic (exact) mass is 347 g/mol. The second-order valence-corrected chi connectivity index (χ2v) is 6.15. The van der Waals surface area contributed by atoms with Crippen LogP contribution in [0.3, 0.4) is 0 Å². The molecule has 1 aromatic carbocycles. The lowest BCUT2D eigenvalue weighted by molar-refractivity contribution is -0.119. The first-order chi connectivity index (χ1) is 12.0. The molecule has 1 fully saturated rings. The van der Waals surface area contributed by atoms with E-state index < -0.39 is 6.09 Å². The van der Waals surface area contributed by atoms with Crippen molar-refractivity contribution in [1.29, 1.82) is 0 Å². The van der Waals surface area contributed by atoms with Gasteiger partial charge in [-0.3, -0.25) is 9.69 Å². The van der Waals surface area contributed by atoms with E-state index in [1.165, 1.54) is 14.0 Å². The van der Waals surface area contributed by atoms with Crippen LogP contribution in [0.15, 0.2) is 18.2 Å². The Bertz CT molecular complexity index is 706. The van der Waals surface area contributed by atoms with Crippen molar-refractivity contribution in [3.8, 4) is 0 Å². The molecule has 1 N–H and O–H groups in total. The lowest BCUT2D eigenvalue weighted by Crippen LogP contribution is -2.36. The maximum absolute atomic E-state index is 12.1. The van der Waals surface area contributed by atoms with E-state index in [0.717, 1.165) is 16.8 Å². The number of cyclic esters (lactones) is 1. The van der Waals surface area contributed by atoms with Crippen LogP contribution in [0.25, 0.3) is 0 Å². The third-order valence-electron chi connectivity index (χ3n) is 4.40. The number of rotatable bonds is 3. The first-order valence-corrected chi connectivity index (χ1v) is 8.15. The number of amides is 3. The number of nitrogens with one attached hydrogen (secondary N) is 1. The van der Waals surface area contributed by atoms with Gasteiger partial charge in [-0.05, 0) is 29.7 Å². The maximum atomic E-state index is 12.1. The number of nitrogens with zero attached hydrogens (tertiary/aromatic N) is 2. The fraction of sp³-hybridized carbons (Fsp3) is 0.471. The number of benzene rings is 1. The van der Waals surface area contributed by atoms with Gasteiger partial charge in [-0.2, -0.15) is 0 Å². The average Bonchev–Trinajstić information content (AvgIpc) is 2.99. The molecule has 1 aromatic rings. The minimum Gasteiger partial charge on any atom is -0.453 e. The van der Waals surface area contributed by atoms with Crippen LogP contribution in [0, 0.1) is 0 Å². The Morgan fingerprint density at radius 1 is 1.36 bits per heavy atom. The summed E-state index contributed by atoms with van der Waals surface area (Å²) in [4.78, 5) is 38.0. The largest absolute Gasteiger partial charge is 0.453 e. The van der Waals surface area contributed by atoms with Gasteiger partial charge in [0.2, 0.25) is 5.91 Å². The molecular weight excluding hydrogens is 326 g/mol. The average molecular weight is 347 g/mol. The zero-order valence-corrected chi connectivity index (χ0v) is 14.3. The van der Waals surface area contributed by atoms with E-state index in [-0.39, 0.29) is 18.1 Å². The number of carbonyl (C=O) groups is 3. The van der Waals surface area contributed by atoms with Gasteiger partial charge in [0.15, 0.2) is 0 Å². The second kappa shape index (κ2) is 7.00. The molecule has 0 spiro atoms. The van der Waals surface area contributed by atoms with Crippen LogP contribution in [0.2, 0.25) is 0 Å². The smallest absolute Gasteiger partial charge is 0.414 e. The first kappa shape index (κ1) is 17.1. The van der Waals surface area contributed by atoms with Gasteiger partial charge in [0.05, 0.1) is 20.2 Å². The summed E-state index contributed by atoms with van der Waals surface area (Å²) in [7, 11) is 1.37. The van der Waals surface area contributed by atoms with Crippen LogP contribution in [0.4, 0.5) is 15.3 Å². The Labute approximate surface area is 145 Å². The highest BCUT2D eigenvalue weighted by molar-refractivity contribution is 5.90. The molecule has 2 aliphatic rings. The van der Waals surface area contributed by atoms with Gasteiger partial charge in [0.1, 0.15) is 6.10 Å². The normalized spacial score (nSPS) is 19.3. The molecule has 0 saturated carbocycles. The first-order valence-electron chi connectivity index (χ1n) is 8.15. The van der Waals surface area contributed by atoms with Crippen LogP contribution >= 0.6 is 0 Å². The van der Waals surface area contributed by atoms with Crippen LogP contribution in [-0.2, 0) is 27.2 Å². The molecule has 25 heavy (non-hydrogen) atoms. The van der Waals surface area contributed by atoms with Gasteiger partial charge in [-0.25, -0.2) is 9.59 Å². The Hall–Kier alpha value is -2.77. The van der Waals surface area contributed by atoms with Gasteiger partial charge < -0.3 is 19.7 Å². The molecule has 1 atom stereocenters. The third kappa shape index (κ3) is 3.67. The van der Waals surface area contributed by atoms with Crippen LogP contribution in [0.5, 0.6) is 0 Å². The summed E-state index contributed by atoms with van der Waals surface area (Å²) in [5, 5.41) is 2.66. The minimum absolute atomic E-state index is 0.154. The van der Waals surface area contributed by atoms with Crippen molar-refractivity contribution in [1.82, 2.24) is 10.2 Å². The lowest BCUT2D eigenvalue weighted by atomic mass is 9.99. The molecule has 0 aromatic heterocycles. The zero-order valence-electron chi connectivity index (χ0n) is 14.3. The highest BCUT2D eigenvalue weighted by Gasteiger charge is 2.33. The highest BCUT2D eigenvalue weighted by atomic mass is 16.6. The summed E-state index contributed by atoms with van der Waals surface area (Å²) in [6, 6.07) is 5.74. The number of carbonyl (C=O) groups excluding carboxylic acids is 3. The predicted octanol–water partition coefficient (Wildman–Crippen LogP) is 1.27. The van der Waals surface area contributed by atoms with Crippen molar-refractivity contribution in [3.05, 3.63) is 29.3 Å². The topological polar surface area (TPSA) is 88.2 Å². The van der Waals surface area contributed by atoms with E-state index in [1.807, 2.05) is 18.2 Å². The third-order valence-corrected chi connectivity index (χ3v) is 4.40. The summed E-state index contributed by atoms with van der Waals surface area (Å²) in [6.45, 7) is 3.20. The lowest BCUT2D eigenvalue weighted by Gasteiger charge is -2.28. The van der Waals surface area contributed by atoms with Crippen LogP contribution < -0.4 is 10.2 Å². The fourth-order valence-corrected chi connectivity index (χ4v) is 3.09. The van der Waals surface area contributed by atoms with Gasteiger partial charge in [-0.15, -0.1) is 0 Å². The van der Waals surface area contributed by atoms with Crippen molar-refractivity contribution >= 4 is 23.8 Å². The molecule has 0 aliphatic carbocycles. The minimum atomic E-state index is -0.415. The van der Waals surface area contributed by atoms with Crippen molar-refractivity contribution in [2.45, 2.75) is 26.0 Å². The maximum Gasteiger partial charge on any atom is 0.414 e. The van der Waals surface area contributed by atoms with Crippen LogP contribution in [0.1, 0.15) is 18.1 Å². The van der Waals surface area contributed by atoms with E-state index >= 15 is 0 Å². The van der Waals surface area contributed by atoms with Crippen molar-refractivity contribution in [2.75, 3.05) is 31.6 Å². The number of fused-ring (bicyclic) bond motifs is 1. The van der Waals surface area contributed by atoms with E-state index in [0.29, 0.717) is 32.6 Å². The second-order valence-electron chi connectivity index (χ2n) is 6.15. The van der Waals surface area contributed by atoms with Gasteiger partial charge in [0, 0.05) is 25.7 Å². The van der Waals surface area contributed by atoms with E-state index in [9.17, 15) is 14.4 Å². The number of methoxy groups -OCH3 is 1. The molecular formula is C17H21N3O5. The van der Waals surface area contributed by atoms with Gasteiger partial charge in [-0.1, -0.05) is 6.07 Å². The zero-order chi connectivity index (χ0) is 18.0. The molecule has 1 saturated heterocycles. The van der Waals surface area contributed by atoms with E-state index in [1.54, 1.807) is 9.80 Å². The van der Waals surface area contributed by atoms with Crippen LogP contribution in [-0.4, -0.2) is 55.8 Å². The van der Waals surface area contributed by atoms with Crippen molar-refractivity contribution in [2.24, 2.45) is 0 Å². The number of hydrogen-bond donors (Lipinski definition) is 1. The standard InChI is InChI=1S/C17H21N3O5/c1-11(21)18-8-15-10-20(17(23)25-15)14-4-3-13-9-19(16(22)24-2)6-5-12(13)7-14/h3-4,7,15H,5-6,8-10H2,1-2H3,(H,18,21)/t15-/m0/s1. The van der Waals surface area contributed by atoms with Gasteiger partial charge >= 0.3 is 12.2 Å². The number of hydrogen-bond acceptors (Lipinski definition) is 5. The molecule has 0 unspecified atom stereocenters. The Morgan fingerprint density at radius 2 is 2.16 bits per heavy atom. The summed E-state index contributed by atoms with van der Waals surface area (Å²) in [5.41, 5.74) is 2.92. The predicted molar refractivity (Wildman–Crippen MR) is 89.3 cm³/mol. The quantitative estimate of drug-likeness (QED) is 0.890. The van der Waals surface area contributed by atoms with E-state index in [4.69, 9.17) is 9.47 Å². The Balaban J connectivity index is 1.69. The molecule has 2 aliphatic heterocycles. The van der Waals surface area contributed by atoms with Crippen molar-refractivity contribution in [3.63, 3.8) is 0 Å². The van der Waals surface area contributed by atoms with E-state index in [2.05, 4.69) is 5.32 Å². The molecule has 8 nitrogen and oxygen atoms in total. The molecule has 0 bridgehead atoms. The molecule has 0 radical (unpaired) electrons. The SMILES string of the molecule is COC(=O)N1CCc2cc(N3C[C@H](CNC(C)=O)OC3=O)ccc2C1. The molecule has 134 valence electrons.